The molecule has 1 aliphatic heterocycles. The monoisotopic (exact) mass is 261 g/mol. The number of carboxylic acids is 1. The molecule has 2 aromatic heterocycles. The van der Waals surface area contributed by atoms with Crippen molar-refractivity contribution in [2.75, 3.05) is 6.61 Å². The van der Waals surface area contributed by atoms with E-state index in [2.05, 4.69) is 10.1 Å². The van der Waals surface area contributed by atoms with Crippen molar-refractivity contribution in [2.24, 2.45) is 0 Å². The zero-order valence-electron chi connectivity index (χ0n) is 10.5. The van der Waals surface area contributed by atoms with Crippen LogP contribution in [0.4, 0.5) is 0 Å². The van der Waals surface area contributed by atoms with Crippen molar-refractivity contribution in [2.45, 2.75) is 31.8 Å². The van der Waals surface area contributed by atoms with Gasteiger partial charge in [-0.05, 0) is 31.4 Å². The zero-order chi connectivity index (χ0) is 13.2. The lowest BCUT2D eigenvalue weighted by atomic mass is 10.1. The van der Waals surface area contributed by atoms with E-state index < -0.39 is 5.97 Å². The highest BCUT2D eigenvalue weighted by molar-refractivity contribution is 5.86. The Labute approximate surface area is 110 Å². The fourth-order valence-corrected chi connectivity index (χ4v) is 2.37. The highest BCUT2D eigenvalue weighted by atomic mass is 16.5. The van der Waals surface area contributed by atoms with Crippen LogP contribution in [0.25, 0.3) is 5.65 Å². The molecule has 0 aromatic carbocycles. The first-order valence-corrected chi connectivity index (χ1v) is 6.43. The molecule has 2 aromatic rings. The summed E-state index contributed by atoms with van der Waals surface area (Å²) in [5.41, 5.74) is 0.687. The number of hydrogen-bond acceptors (Lipinski definition) is 4. The summed E-state index contributed by atoms with van der Waals surface area (Å²) >= 11 is 0. The van der Waals surface area contributed by atoms with Crippen LogP contribution in [-0.4, -0.2) is 38.4 Å². The van der Waals surface area contributed by atoms with E-state index in [1.165, 1.54) is 17.0 Å². The number of ether oxygens (including phenoxy) is 1. The lowest BCUT2D eigenvalue weighted by molar-refractivity contribution is 0.0157. The Kier molecular flexibility index (Phi) is 3.16. The molecule has 1 atom stereocenters. The molecule has 1 saturated heterocycles. The lowest BCUT2D eigenvalue weighted by Crippen LogP contribution is -2.22. The van der Waals surface area contributed by atoms with Crippen LogP contribution in [0.15, 0.2) is 18.2 Å². The standard InChI is InChI=1S/C13H15N3O3/c17-13(18)10-5-3-6-12-14-11(15-16(10)12)8-9-4-1-2-7-19-9/h3,5-6,9H,1-2,4,7-8H2,(H,17,18). The van der Waals surface area contributed by atoms with Crippen LogP contribution >= 0.6 is 0 Å². The molecule has 1 N–H and O–H groups in total. The smallest absolute Gasteiger partial charge is 0.354 e. The molecule has 0 spiro atoms. The fourth-order valence-electron chi connectivity index (χ4n) is 2.37. The van der Waals surface area contributed by atoms with Crippen LogP contribution in [0.5, 0.6) is 0 Å². The van der Waals surface area contributed by atoms with Gasteiger partial charge in [-0.3, -0.25) is 0 Å². The maximum absolute atomic E-state index is 11.1. The predicted molar refractivity (Wildman–Crippen MR) is 67.2 cm³/mol. The van der Waals surface area contributed by atoms with E-state index in [9.17, 15) is 4.79 Å². The second kappa shape index (κ2) is 4.97. The van der Waals surface area contributed by atoms with E-state index in [1.807, 2.05) is 0 Å². The van der Waals surface area contributed by atoms with E-state index >= 15 is 0 Å². The molecular weight excluding hydrogens is 246 g/mol. The van der Waals surface area contributed by atoms with Gasteiger partial charge in [-0.2, -0.15) is 5.10 Å². The molecule has 19 heavy (non-hydrogen) atoms. The topological polar surface area (TPSA) is 76.7 Å². The quantitative estimate of drug-likeness (QED) is 0.906. The molecule has 0 bridgehead atoms. The number of hydrogen-bond donors (Lipinski definition) is 1. The molecule has 6 heteroatoms. The van der Waals surface area contributed by atoms with E-state index in [0.29, 0.717) is 17.9 Å². The number of aromatic nitrogens is 3. The number of rotatable bonds is 3. The number of aromatic carboxylic acids is 1. The minimum absolute atomic E-state index is 0.126. The first kappa shape index (κ1) is 12.1. The average molecular weight is 261 g/mol. The maximum atomic E-state index is 11.1. The fraction of sp³-hybridized carbons (Fsp3) is 0.462. The second-order valence-electron chi connectivity index (χ2n) is 4.71. The summed E-state index contributed by atoms with van der Waals surface area (Å²) in [6.45, 7) is 0.790. The average Bonchev–Trinajstić information content (AvgIpc) is 2.81. The van der Waals surface area contributed by atoms with Gasteiger partial charge in [0.2, 0.25) is 0 Å². The zero-order valence-corrected chi connectivity index (χ0v) is 10.5. The largest absolute Gasteiger partial charge is 0.477 e. The van der Waals surface area contributed by atoms with Crippen LogP contribution in [-0.2, 0) is 11.2 Å². The number of carboxylic acid groups (broad SMARTS) is 1. The third-order valence-electron chi connectivity index (χ3n) is 3.31. The first-order valence-electron chi connectivity index (χ1n) is 6.43. The molecule has 0 aliphatic carbocycles. The summed E-state index contributed by atoms with van der Waals surface area (Å²) < 4.78 is 7.03. The number of fused-ring (bicyclic) bond motifs is 1. The molecule has 3 rings (SSSR count). The van der Waals surface area contributed by atoms with Gasteiger partial charge in [-0.15, -0.1) is 0 Å². The van der Waals surface area contributed by atoms with E-state index in [-0.39, 0.29) is 11.8 Å². The Balaban J connectivity index is 1.88. The number of nitrogens with zero attached hydrogens (tertiary/aromatic N) is 3. The summed E-state index contributed by atoms with van der Waals surface area (Å²) in [7, 11) is 0. The Morgan fingerprint density at radius 2 is 2.37 bits per heavy atom. The maximum Gasteiger partial charge on any atom is 0.354 e. The Morgan fingerprint density at radius 3 is 3.11 bits per heavy atom. The van der Waals surface area contributed by atoms with Crippen LogP contribution in [0.2, 0.25) is 0 Å². The van der Waals surface area contributed by atoms with Crippen molar-refractivity contribution >= 4 is 11.6 Å². The van der Waals surface area contributed by atoms with Gasteiger partial charge in [0.1, 0.15) is 0 Å². The van der Waals surface area contributed by atoms with Crippen LogP contribution < -0.4 is 0 Å². The minimum Gasteiger partial charge on any atom is -0.477 e. The molecule has 1 fully saturated rings. The van der Waals surface area contributed by atoms with Crippen molar-refractivity contribution in [1.29, 1.82) is 0 Å². The van der Waals surface area contributed by atoms with Gasteiger partial charge in [0.05, 0.1) is 6.10 Å². The molecule has 0 saturated carbocycles. The normalized spacial score (nSPS) is 19.7. The summed E-state index contributed by atoms with van der Waals surface area (Å²) in [4.78, 5) is 15.5. The Bertz CT molecular complexity index is 602. The third kappa shape index (κ3) is 2.44. The van der Waals surface area contributed by atoms with Crippen LogP contribution in [0, 0.1) is 0 Å². The molecule has 3 heterocycles. The number of carbonyl (C=O) groups is 1. The molecule has 6 nitrogen and oxygen atoms in total. The summed E-state index contributed by atoms with van der Waals surface area (Å²) in [6.07, 6.45) is 4.08. The van der Waals surface area contributed by atoms with Crippen molar-refractivity contribution in [3.05, 3.63) is 29.7 Å². The molecule has 1 aliphatic rings. The molecule has 100 valence electrons. The van der Waals surface area contributed by atoms with Gasteiger partial charge in [-0.1, -0.05) is 6.07 Å². The minimum atomic E-state index is -1.00. The van der Waals surface area contributed by atoms with Gasteiger partial charge in [-0.25, -0.2) is 14.3 Å². The second-order valence-corrected chi connectivity index (χ2v) is 4.71. The Hall–Kier alpha value is -1.95. The van der Waals surface area contributed by atoms with Gasteiger partial charge in [0.25, 0.3) is 0 Å². The Morgan fingerprint density at radius 1 is 1.47 bits per heavy atom. The van der Waals surface area contributed by atoms with Gasteiger partial charge < -0.3 is 9.84 Å². The highest BCUT2D eigenvalue weighted by Crippen LogP contribution is 2.16. The summed E-state index contributed by atoms with van der Waals surface area (Å²) in [5.74, 6) is -0.364. The summed E-state index contributed by atoms with van der Waals surface area (Å²) in [6, 6.07) is 4.95. The van der Waals surface area contributed by atoms with Crippen LogP contribution in [0.3, 0.4) is 0 Å². The van der Waals surface area contributed by atoms with Crippen molar-refractivity contribution in [3.63, 3.8) is 0 Å². The van der Waals surface area contributed by atoms with E-state index in [1.54, 1.807) is 12.1 Å². The third-order valence-corrected chi connectivity index (χ3v) is 3.31. The molecule has 0 amide bonds. The molecule has 1 unspecified atom stereocenters. The first-order chi connectivity index (χ1) is 9.24. The molecule has 0 radical (unpaired) electrons. The SMILES string of the molecule is O=C(O)c1cccc2nc(CC3CCCCO3)nn12. The lowest BCUT2D eigenvalue weighted by Gasteiger charge is -2.20. The van der Waals surface area contributed by atoms with Crippen molar-refractivity contribution in [1.82, 2.24) is 14.6 Å². The van der Waals surface area contributed by atoms with Gasteiger partial charge >= 0.3 is 5.97 Å². The van der Waals surface area contributed by atoms with Gasteiger partial charge in [0, 0.05) is 13.0 Å². The molecular formula is C13H15N3O3. The van der Waals surface area contributed by atoms with Gasteiger partial charge in [0.15, 0.2) is 17.2 Å². The highest BCUT2D eigenvalue weighted by Gasteiger charge is 2.18. The summed E-state index contributed by atoms with van der Waals surface area (Å²) in [5, 5.41) is 13.4. The van der Waals surface area contributed by atoms with Crippen molar-refractivity contribution < 1.29 is 14.6 Å². The van der Waals surface area contributed by atoms with Crippen LogP contribution in [0.1, 0.15) is 35.6 Å². The van der Waals surface area contributed by atoms with E-state index in [0.717, 1.165) is 19.4 Å². The van der Waals surface area contributed by atoms with E-state index in [4.69, 9.17) is 9.84 Å². The van der Waals surface area contributed by atoms with Crippen molar-refractivity contribution in [3.8, 4) is 0 Å². The predicted octanol–water partition coefficient (Wildman–Crippen LogP) is 1.54. The number of pyridine rings is 1.